The number of hydrogen-bond donors (Lipinski definition) is 2. The number of methoxy groups -OCH3 is 2. The molecule has 0 saturated carbocycles. The Morgan fingerprint density at radius 1 is 1.23 bits per heavy atom. The van der Waals surface area contributed by atoms with Crippen LogP contribution in [0.3, 0.4) is 0 Å². The average Bonchev–Trinajstić information content (AvgIpc) is 3.44. The molecule has 0 saturated heterocycles. The van der Waals surface area contributed by atoms with Gasteiger partial charge >= 0.3 is 189 Å². The van der Waals surface area contributed by atoms with Crippen LogP contribution in [0, 0.1) is 13.2 Å². The Morgan fingerprint density at radius 2 is 1.89 bits per heavy atom. The van der Waals surface area contributed by atoms with Gasteiger partial charge in [0.05, 0.1) is 0 Å². The van der Waals surface area contributed by atoms with Gasteiger partial charge < -0.3 is 0 Å². The van der Waals surface area contributed by atoms with Gasteiger partial charge in [-0.15, -0.1) is 0 Å². The quantitative estimate of drug-likeness (QED) is 0.244. The maximum atomic E-state index is 12.5. The van der Waals surface area contributed by atoms with Gasteiger partial charge in [-0.05, 0) is 12.8 Å². The minimum absolute atomic E-state index is 0.103. The molecule has 9 heteroatoms. The third-order valence-corrected chi connectivity index (χ3v) is 6.48. The second kappa shape index (κ2) is 15.4. The predicted molar refractivity (Wildman–Crippen MR) is 130 cm³/mol. The van der Waals surface area contributed by atoms with Gasteiger partial charge in [0.1, 0.15) is 0 Å². The molecule has 2 aromatic rings. The number of benzene rings is 1. The number of rotatable bonds is 8. The SMILES string of the molecule is CC.CN[C-]=[W].CO[C-]=C(NC(=O)c1ccc(Oc2cc3c(cc2C)CCC3(C)C)o1)[C](=[V])OC. The summed E-state index contributed by atoms with van der Waals surface area (Å²) < 4.78 is 24.6. The summed E-state index contributed by atoms with van der Waals surface area (Å²) in [6.07, 6.45) is 4.76. The zero-order chi connectivity index (χ0) is 26.6. The van der Waals surface area contributed by atoms with Gasteiger partial charge in [-0.3, -0.25) is 0 Å². The molecular weight excluding hydrogens is 655 g/mol. The van der Waals surface area contributed by atoms with Crippen LogP contribution in [0.4, 0.5) is 0 Å². The van der Waals surface area contributed by atoms with E-state index in [2.05, 4.69) is 64.4 Å². The Bertz CT molecular complexity index is 1050. The summed E-state index contributed by atoms with van der Waals surface area (Å²) in [6, 6.07) is 7.44. The normalized spacial score (nSPS) is 13.3. The molecule has 0 radical (unpaired) electrons. The number of hydrogen-bond acceptors (Lipinski definition) is 6. The van der Waals surface area contributed by atoms with Crippen LogP contribution < -0.4 is 15.4 Å². The van der Waals surface area contributed by atoms with E-state index in [1.165, 1.54) is 44.7 Å². The molecule has 0 atom stereocenters. The van der Waals surface area contributed by atoms with Crippen molar-refractivity contribution < 1.29 is 59.8 Å². The second-order valence-corrected chi connectivity index (χ2v) is 9.24. The fourth-order valence-corrected chi connectivity index (χ4v) is 3.54. The first-order chi connectivity index (χ1) is 16.7. The van der Waals surface area contributed by atoms with E-state index in [4.69, 9.17) is 18.6 Å². The first-order valence-electron chi connectivity index (χ1n) is 11.2. The van der Waals surface area contributed by atoms with Crippen molar-refractivity contribution in [3.8, 4) is 11.7 Å². The molecule has 1 aliphatic carbocycles. The number of ether oxygens (including phenoxy) is 3. The van der Waals surface area contributed by atoms with Crippen molar-refractivity contribution in [3.05, 3.63) is 58.7 Å². The Labute approximate surface area is 228 Å². The van der Waals surface area contributed by atoms with E-state index < -0.39 is 5.91 Å². The molecule has 7 nitrogen and oxygen atoms in total. The second-order valence-electron chi connectivity index (χ2n) is 7.88. The molecule has 191 valence electrons. The summed E-state index contributed by atoms with van der Waals surface area (Å²) in [5.74, 6) is 0.616. The van der Waals surface area contributed by atoms with Gasteiger partial charge in [-0.2, -0.15) is 0 Å². The molecule has 1 aromatic carbocycles. The first-order valence-corrected chi connectivity index (χ1v) is 13.4. The standard InChI is InChI=1S/C22H24NO5.C2H4N.C2H6.V.W/c1-14-10-15-8-9-22(2,3)17(15)11-19(14)28-20-7-6-18(27-20)21(24)23-16(12-25-4)13-26-5;1-3-2;1-2;;/h6-7,10-11H,8-9H2,1-5H3,(H,23,24);3H,1H3;1-2H3;;/q2*-1;;;. The molecule has 1 heterocycles. The summed E-state index contributed by atoms with van der Waals surface area (Å²) in [4.78, 5) is 12.5. The van der Waals surface area contributed by atoms with Crippen LogP contribution in [0.5, 0.6) is 11.7 Å². The van der Waals surface area contributed by atoms with Crippen molar-refractivity contribution in [2.24, 2.45) is 0 Å². The molecule has 0 unspecified atom stereocenters. The van der Waals surface area contributed by atoms with Crippen LogP contribution in [0.15, 0.2) is 34.4 Å². The van der Waals surface area contributed by atoms with Crippen molar-refractivity contribution in [1.29, 1.82) is 0 Å². The summed E-state index contributed by atoms with van der Waals surface area (Å²) in [7, 11) is 4.75. The van der Waals surface area contributed by atoms with Crippen LogP contribution in [0.2, 0.25) is 0 Å². The molecule has 1 aromatic heterocycles. The van der Waals surface area contributed by atoms with Gasteiger partial charge in [0.2, 0.25) is 0 Å². The van der Waals surface area contributed by atoms with Crippen molar-refractivity contribution in [1.82, 2.24) is 10.6 Å². The summed E-state index contributed by atoms with van der Waals surface area (Å²) in [5, 5.41) is 5.35. The van der Waals surface area contributed by atoms with Crippen molar-refractivity contribution in [2.75, 3.05) is 21.3 Å². The summed E-state index contributed by atoms with van der Waals surface area (Å²) >= 11 is 3.53. The van der Waals surface area contributed by atoms with Crippen molar-refractivity contribution in [3.63, 3.8) is 0 Å². The molecule has 0 spiro atoms. The van der Waals surface area contributed by atoms with Gasteiger partial charge in [-0.1, -0.05) is 27.7 Å². The van der Waals surface area contributed by atoms with Crippen LogP contribution >= 0.6 is 0 Å². The zero-order valence-corrected chi connectivity index (χ0v) is 26.0. The molecular formula is C26H34N2O5VW-2. The van der Waals surface area contributed by atoms with E-state index >= 15 is 0 Å². The molecule has 0 fully saturated rings. The minimum atomic E-state index is -0.466. The maximum absolute atomic E-state index is 12.5. The van der Waals surface area contributed by atoms with Crippen LogP contribution in [0.25, 0.3) is 0 Å². The topological polar surface area (TPSA) is 82.0 Å². The first kappa shape index (κ1) is 31.3. The van der Waals surface area contributed by atoms with Crippen molar-refractivity contribution >= 4 is 14.8 Å². The zero-order valence-electron chi connectivity index (χ0n) is 21.6. The number of nitrogens with one attached hydrogen (secondary N) is 2. The number of furan rings is 1. The number of aryl methyl sites for hydroxylation is 2. The Morgan fingerprint density at radius 3 is 2.46 bits per heavy atom. The summed E-state index contributed by atoms with van der Waals surface area (Å²) in [5.41, 5.74) is 4.10. The number of amides is 1. The fraction of sp³-hybridized carbons (Fsp3) is 0.423. The van der Waals surface area contributed by atoms with E-state index in [9.17, 15) is 4.79 Å². The van der Waals surface area contributed by atoms with E-state index in [-0.39, 0.29) is 22.8 Å². The van der Waals surface area contributed by atoms with E-state index in [0.717, 1.165) is 24.2 Å². The van der Waals surface area contributed by atoms with Crippen molar-refractivity contribution in [2.45, 2.75) is 52.9 Å². The third kappa shape index (κ3) is 9.00. The molecule has 2 N–H and O–H groups in total. The fourth-order valence-electron chi connectivity index (χ4n) is 3.38. The van der Waals surface area contributed by atoms with E-state index in [1.54, 1.807) is 12.1 Å². The molecule has 1 aliphatic rings. The molecule has 1 amide bonds. The van der Waals surface area contributed by atoms with Crippen LogP contribution in [-0.2, 0) is 57.6 Å². The van der Waals surface area contributed by atoms with E-state index in [1.807, 2.05) is 27.8 Å². The Kier molecular flexibility index (Phi) is 13.7. The predicted octanol–water partition coefficient (Wildman–Crippen LogP) is 4.36. The Hall–Kier alpha value is -1.76. The van der Waals surface area contributed by atoms with Gasteiger partial charge in [0, 0.05) is 0 Å². The molecule has 35 heavy (non-hydrogen) atoms. The number of fused-ring (bicyclic) bond motifs is 1. The molecule has 3 rings (SSSR count). The summed E-state index contributed by atoms with van der Waals surface area (Å²) in [6.45, 7) is 10.5. The average molecular weight is 689 g/mol. The third-order valence-electron chi connectivity index (χ3n) is 5.12. The monoisotopic (exact) mass is 689 g/mol. The van der Waals surface area contributed by atoms with Gasteiger partial charge in [0.15, 0.2) is 0 Å². The van der Waals surface area contributed by atoms with Crippen LogP contribution in [0.1, 0.15) is 61.4 Å². The molecule has 0 aliphatic heterocycles. The van der Waals surface area contributed by atoms with Gasteiger partial charge in [0.25, 0.3) is 0 Å². The number of carbonyl (C=O) groups excluding carboxylic acids is 1. The number of carbonyl (C=O) groups is 1. The molecule has 0 bridgehead atoms. The van der Waals surface area contributed by atoms with Crippen LogP contribution in [-0.4, -0.2) is 36.1 Å². The van der Waals surface area contributed by atoms with Gasteiger partial charge in [-0.25, -0.2) is 0 Å². The van der Waals surface area contributed by atoms with E-state index in [0.29, 0.717) is 4.41 Å². The Balaban J connectivity index is 0.000000926.